The minimum Gasteiger partial charge on any atom is -0.505 e. The molecule has 1 aromatic rings. The van der Waals surface area contributed by atoms with Crippen molar-refractivity contribution in [3.05, 3.63) is 24.0 Å². The molecule has 1 saturated heterocycles. The van der Waals surface area contributed by atoms with Crippen molar-refractivity contribution in [1.82, 2.24) is 9.88 Å². The molecule has 1 amide bonds. The molecule has 2 atom stereocenters. The predicted molar refractivity (Wildman–Crippen MR) is 59.0 cm³/mol. The number of aliphatic hydroxyl groups is 1. The summed E-state index contributed by atoms with van der Waals surface area (Å²) >= 11 is 0. The van der Waals surface area contributed by atoms with Crippen LogP contribution in [0.2, 0.25) is 0 Å². The van der Waals surface area contributed by atoms with Crippen LogP contribution in [0.3, 0.4) is 0 Å². The molecule has 2 rings (SSSR count). The Bertz CT molecular complexity index is 490. The molecule has 1 aliphatic heterocycles. The van der Waals surface area contributed by atoms with Gasteiger partial charge in [0, 0.05) is 19.2 Å². The molecule has 0 spiro atoms. The van der Waals surface area contributed by atoms with E-state index in [-0.39, 0.29) is 24.4 Å². The average Bonchev–Trinajstić information content (AvgIpc) is 2.71. The molecular weight excluding hydrogens is 240 g/mol. The number of aliphatic hydroxyl groups excluding tert-OH is 1. The molecule has 1 aromatic heterocycles. The van der Waals surface area contributed by atoms with E-state index in [9.17, 15) is 19.8 Å². The van der Waals surface area contributed by atoms with E-state index < -0.39 is 24.0 Å². The third-order valence-electron chi connectivity index (χ3n) is 2.81. The van der Waals surface area contributed by atoms with Gasteiger partial charge in [0.05, 0.1) is 6.10 Å². The molecule has 1 fully saturated rings. The zero-order chi connectivity index (χ0) is 13.3. The van der Waals surface area contributed by atoms with E-state index in [4.69, 9.17) is 5.11 Å². The zero-order valence-corrected chi connectivity index (χ0v) is 9.35. The SMILES string of the molecule is O=C(O)C1CC(O)CN1C(=O)c1ncccc1O. The molecule has 2 unspecified atom stereocenters. The third-order valence-corrected chi connectivity index (χ3v) is 2.81. The summed E-state index contributed by atoms with van der Waals surface area (Å²) in [7, 11) is 0. The number of hydrogen-bond acceptors (Lipinski definition) is 5. The maximum atomic E-state index is 12.1. The Morgan fingerprint density at radius 1 is 1.44 bits per heavy atom. The molecule has 3 N–H and O–H groups in total. The molecule has 1 aliphatic rings. The fourth-order valence-corrected chi connectivity index (χ4v) is 1.97. The number of pyridine rings is 1. The van der Waals surface area contributed by atoms with Crippen molar-refractivity contribution in [2.45, 2.75) is 18.6 Å². The summed E-state index contributed by atoms with van der Waals surface area (Å²) in [6.45, 7) is -0.0776. The van der Waals surface area contributed by atoms with Crippen molar-refractivity contribution < 1.29 is 24.9 Å². The van der Waals surface area contributed by atoms with Gasteiger partial charge in [-0.3, -0.25) is 4.79 Å². The van der Waals surface area contributed by atoms with E-state index in [0.29, 0.717) is 0 Å². The van der Waals surface area contributed by atoms with Gasteiger partial charge in [0.2, 0.25) is 0 Å². The molecule has 96 valence electrons. The highest BCUT2D eigenvalue weighted by atomic mass is 16.4. The number of nitrogens with zero attached hydrogens (tertiary/aromatic N) is 2. The largest absolute Gasteiger partial charge is 0.505 e. The van der Waals surface area contributed by atoms with Crippen LogP contribution in [0.1, 0.15) is 16.9 Å². The average molecular weight is 252 g/mol. The fourth-order valence-electron chi connectivity index (χ4n) is 1.97. The maximum absolute atomic E-state index is 12.1. The summed E-state index contributed by atoms with van der Waals surface area (Å²) in [5.41, 5.74) is -0.210. The number of hydrogen-bond donors (Lipinski definition) is 3. The Morgan fingerprint density at radius 3 is 2.78 bits per heavy atom. The first-order chi connectivity index (χ1) is 8.50. The zero-order valence-electron chi connectivity index (χ0n) is 9.35. The number of carboxylic acids is 1. The number of aromatic nitrogens is 1. The van der Waals surface area contributed by atoms with Gasteiger partial charge in [-0.05, 0) is 12.1 Å². The Labute approximate surface area is 102 Å². The van der Waals surface area contributed by atoms with Gasteiger partial charge in [-0.25, -0.2) is 9.78 Å². The molecule has 7 heteroatoms. The van der Waals surface area contributed by atoms with E-state index in [1.807, 2.05) is 0 Å². The molecule has 0 aromatic carbocycles. The predicted octanol–water partition coefficient (Wildman–Crippen LogP) is -0.553. The lowest BCUT2D eigenvalue weighted by molar-refractivity contribution is -0.141. The first-order valence-corrected chi connectivity index (χ1v) is 5.36. The van der Waals surface area contributed by atoms with Gasteiger partial charge in [0.15, 0.2) is 5.69 Å². The molecule has 18 heavy (non-hydrogen) atoms. The van der Waals surface area contributed by atoms with Crippen LogP contribution < -0.4 is 0 Å². The Morgan fingerprint density at radius 2 is 2.17 bits per heavy atom. The van der Waals surface area contributed by atoms with Crippen molar-refractivity contribution in [2.24, 2.45) is 0 Å². The van der Waals surface area contributed by atoms with Crippen molar-refractivity contribution in [1.29, 1.82) is 0 Å². The number of carbonyl (C=O) groups excluding carboxylic acids is 1. The van der Waals surface area contributed by atoms with Gasteiger partial charge in [0.25, 0.3) is 5.91 Å². The van der Waals surface area contributed by atoms with Crippen molar-refractivity contribution in [3.8, 4) is 5.75 Å². The topological polar surface area (TPSA) is 111 Å². The third kappa shape index (κ3) is 2.12. The second-order valence-electron chi connectivity index (χ2n) is 4.07. The van der Waals surface area contributed by atoms with Gasteiger partial charge in [-0.1, -0.05) is 0 Å². The number of carbonyl (C=O) groups is 2. The van der Waals surface area contributed by atoms with Crippen LogP contribution in [0.15, 0.2) is 18.3 Å². The van der Waals surface area contributed by atoms with Crippen molar-refractivity contribution in [3.63, 3.8) is 0 Å². The quantitative estimate of drug-likeness (QED) is 0.651. The Kier molecular flexibility index (Phi) is 3.15. The first kappa shape index (κ1) is 12.3. The van der Waals surface area contributed by atoms with Crippen LogP contribution in [0.25, 0.3) is 0 Å². The van der Waals surface area contributed by atoms with Crippen LogP contribution in [0, 0.1) is 0 Å². The summed E-state index contributed by atoms with van der Waals surface area (Å²) in [5, 5.41) is 27.9. The highest BCUT2D eigenvalue weighted by molar-refractivity contribution is 5.97. The van der Waals surface area contributed by atoms with E-state index >= 15 is 0 Å². The summed E-state index contributed by atoms with van der Waals surface area (Å²) < 4.78 is 0. The molecular formula is C11H12N2O5. The number of likely N-dealkylation sites (tertiary alicyclic amines) is 1. The molecule has 0 bridgehead atoms. The van der Waals surface area contributed by atoms with Gasteiger partial charge >= 0.3 is 5.97 Å². The van der Waals surface area contributed by atoms with Crippen molar-refractivity contribution in [2.75, 3.05) is 6.54 Å². The highest BCUT2D eigenvalue weighted by Gasteiger charge is 2.40. The monoisotopic (exact) mass is 252 g/mol. The van der Waals surface area contributed by atoms with Gasteiger partial charge in [0.1, 0.15) is 11.8 Å². The summed E-state index contributed by atoms with van der Waals surface area (Å²) in [6, 6.07) is 1.66. The number of amides is 1. The lowest BCUT2D eigenvalue weighted by Gasteiger charge is -2.20. The summed E-state index contributed by atoms with van der Waals surface area (Å²) in [4.78, 5) is 27.8. The van der Waals surface area contributed by atoms with Gasteiger partial charge in [-0.15, -0.1) is 0 Å². The van der Waals surface area contributed by atoms with Gasteiger partial charge < -0.3 is 20.2 Å². The number of aromatic hydroxyl groups is 1. The standard InChI is InChI=1S/C11H12N2O5/c14-6-4-7(11(17)18)13(5-6)10(16)9-8(15)2-1-3-12-9/h1-3,6-7,14-15H,4-5H2,(H,17,18). The number of rotatable bonds is 2. The fraction of sp³-hybridized carbons (Fsp3) is 0.364. The van der Waals surface area contributed by atoms with Crippen LogP contribution in [0.5, 0.6) is 5.75 Å². The van der Waals surface area contributed by atoms with E-state index in [0.717, 1.165) is 4.90 Å². The van der Waals surface area contributed by atoms with E-state index in [1.54, 1.807) is 0 Å². The number of β-amino-alcohol motifs (C(OH)–C–C–N with tert-alkyl or cyclic N) is 1. The minimum atomic E-state index is -1.18. The van der Waals surface area contributed by atoms with E-state index in [2.05, 4.69) is 4.98 Å². The molecule has 2 heterocycles. The summed E-state index contributed by atoms with van der Waals surface area (Å²) in [6.07, 6.45) is 0.435. The van der Waals surface area contributed by atoms with Gasteiger partial charge in [-0.2, -0.15) is 0 Å². The Hall–Kier alpha value is -2.15. The highest BCUT2D eigenvalue weighted by Crippen LogP contribution is 2.23. The van der Waals surface area contributed by atoms with E-state index in [1.165, 1.54) is 18.3 Å². The Balaban J connectivity index is 2.28. The van der Waals surface area contributed by atoms with Crippen molar-refractivity contribution >= 4 is 11.9 Å². The number of aliphatic carboxylic acids is 1. The molecule has 7 nitrogen and oxygen atoms in total. The van der Waals surface area contributed by atoms with Crippen LogP contribution in [-0.4, -0.2) is 55.8 Å². The molecule has 0 saturated carbocycles. The number of carboxylic acid groups (broad SMARTS) is 1. The normalized spacial score (nSPS) is 23.1. The second-order valence-corrected chi connectivity index (χ2v) is 4.07. The molecule has 0 radical (unpaired) electrons. The smallest absolute Gasteiger partial charge is 0.326 e. The first-order valence-electron chi connectivity index (χ1n) is 5.36. The van der Waals surface area contributed by atoms with Crippen LogP contribution in [0.4, 0.5) is 0 Å². The molecule has 0 aliphatic carbocycles. The lowest BCUT2D eigenvalue weighted by atomic mass is 10.2. The minimum absolute atomic E-state index is 0.0192. The second kappa shape index (κ2) is 4.61. The van der Waals surface area contributed by atoms with Crippen LogP contribution >= 0.6 is 0 Å². The van der Waals surface area contributed by atoms with Crippen LogP contribution in [-0.2, 0) is 4.79 Å². The lowest BCUT2D eigenvalue weighted by Crippen LogP contribution is -2.40. The maximum Gasteiger partial charge on any atom is 0.326 e. The summed E-state index contributed by atoms with van der Waals surface area (Å²) in [5.74, 6) is -2.19.